The minimum atomic E-state index is -0.432. The first-order valence-corrected chi connectivity index (χ1v) is 11.7. The van der Waals surface area contributed by atoms with Crippen molar-refractivity contribution in [3.8, 4) is 5.75 Å². The minimum absolute atomic E-state index is 0.0446. The number of nitro groups is 1. The number of rotatable bonds is 7. The fourth-order valence-electron chi connectivity index (χ4n) is 3.80. The molecular weight excluding hydrogens is 458 g/mol. The zero-order valence-electron chi connectivity index (χ0n) is 19.0. The van der Waals surface area contributed by atoms with Gasteiger partial charge in [-0.3, -0.25) is 24.6 Å². The minimum Gasteiger partial charge on any atom is -0.491 e. The van der Waals surface area contributed by atoms with Crippen molar-refractivity contribution in [2.75, 3.05) is 44.4 Å². The van der Waals surface area contributed by atoms with E-state index in [0.717, 1.165) is 33.5 Å². The monoisotopic (exact) mass is 483 g/mol. The van der Waals surface area contributed by atoms with E-state index >= 15 is 0 Å². The number of morpholine rings is 1. The van der Waals surface area contributed by atoms with Gasteiger partial charge in [-0.05, 0) is 60.5 Å². The van der Waals surface area contributed by atoms with Gasteiger partial charge in [0.15, 0.2) is 0 Å². The van der Waals surface area contributed by atoms with Crippen LogP contribution in [-0.2, 0) is 9.53 Å². The van der Waals surface area contributed by atoms with Crippen LogP contribution in [0, 0.1) is 24.0 Å². The van der Waals surface area contributed by atoms with E-state index in [1.54, 1.807) is 12.1 Å². The van der Waals surface area contributed by atoms with Crippen molar-refractivity contribution in [3.05, 3.63) is 68.1 Å². The standard InChI is InChI=1S/C24H25N3O6S/c1-16-3-4-17(2)21(13-16)33-12-9-26-23(28)22(34-24(26)29)15-18-5-6-19(20(14-18)27(30)31)25-7-10-32-11-8-25/h3-6,13-15H,7-12H2,1-2H3/b22-15-. The highest BCUT2D eigenvalue weighted by atomic mass is 32.2. The Kier molecular flexibility index (Phi) is 7.18. The summed E-state index contributed by atoms with van der Waals surface area (Å²) in [6.45, 7) is 6.36. The van der Waals surface area contributed by atoms with Gasteiger partial charge >= 0.3 is 0 Å². The van der Waals surface area contributed by atoms with Crippen LogP contribution in [0.4, 0.5) is 16.2 Å². The molecule has 2 aliphatic heterocycles. The van der Waals surface area contributed by atoms with Crippen molar-refractivity contribution < 1.29 is 24.0 Å². The van der Waals surface area contributed by atoms with E-state index in [-0.39, 0.29) is 29.0 Å². The molecule has 34 heavy (non-hydrogen) atoms. The van der Waals surface area contributed by atoms with E-state index in [1.807, 2.05) is 36.9 Å². The SMILES string of the molecule is Cc1ccc(C)c(OCCN2C(=O)S/C(=C\c3ccc(N4CCOCC4)c([N+](=O)[O-])c3)C2=O)c1. The zero-order chi connectivity index (χ0) is 24.2. The quantitative estimate of drug-likeness (QED) is 0.329. The third-order valence-electron chi connectivity index (χ3n) is 5.64. The Hall–Kier alpha value is -3.37. The summed E-state index contributed by atoms with van der Waals surface area (Å²) in [4.78, 5) is 39.8. The molecule has 0 atom stereocenters. The molecule has 0 aliphatic carbocycles. The number of carbonyl (C=O) groups is 2. The number of thioether (sulfide) groups is 1. The van der Waals surface area contributed by atoms with Gasteiger partial charge in [0.25, 0.3) is 16.8 Å². The predicted octanol–water partition coefficient (Wildman–Crippen LogP) is 4.16. The number of nitro benzene ring substituents is 1. The van der Waals surface area contributed by atoms with Gasteiger partial charge in [0.05, 0.1) is 29.6 Å². The molecule has 0 N–H and O–H groups in total. The second-order valence-corrected chi connectivity index (χ2v) is 9.05. The molecule has 178 valence electrons. The Morgan fingerprint density at radius 1 is 1.15 bits per heavy atom. The number of amides is 2. The van der Waals surface area contributed by atoms with Gasteiger partial charge in [-0.25, -0.2) is 0 Å². The molecule has 2 heterocycles. The lowest BCUT2D eigenvalue weighted by atomic mass is 10.1. The molecule has 2 fully saturated rings. The summed E-state index contributed by atoms with van der Waals surface area (Å²) in [6, 6.07) is 10.7. The van der Waals surface area contributed by atoms with Crippen LogP contribution in [0.15, 0.2) is 41.3 Å². The summed E-state index contributed by atoms with van der Waals surface area (Å²) in [6.07, 6.45) is 1.52. The van der Waals surface area contributed by atoms with Gasteiger partial charge in [-0.15, -0.1) is 0 Å². The average Bonchev–Trinajstić information content (AvgIpc) is 3.09. The lowest BCUT2D eigenvalue weighted by Gasteiger charge is -2.28. The molecule has 0 bridgehead atoms. The largest absolute Gasteiger partial charge is 0.491 e. The summed E-state index contributed by atoms with van der Waals surface area (Å²) < 4.78 is 11.1. The Balaban J connectivity index is 1.46. The van der Waals surface area contributed by atoms with Gasteiger partial charge in [-0.1, -0.05) is 18.2 Å². The number of hydrogen-bond acceptors (Lipinski definition) is 8. The third-order valence-corrected chi connectivity index (χ3v) is 6.54. The first kappa shape index (κ1) is 23.8. The first-order chi connectivity index (χ1) is 16.3. The molecule has 10 heteroatoms. The van der Waals surface area contributed by atoms with Crippen molar-refractivity contribution in [1.82, 2.24) is 4.90 Å². The molecule has 2 aliphatic rings. The molecule has 2 aromatic carbocycles. The molecule has 0 spiro atoms. The normalized spacial score (nSPS) is 17.5. The van der Waals surface area contributed by atoms with Crippen molar-refractivity contribution in [1.29, 1.82) is 0 Å². The molecule has 0 saturated carbocycles. The Morgan fingerprint density at radius 2 is 1.91 bits per heavy atom. The second-order valence-electron chi connectivity index (χ2n) is 8.06. The van der Waals surface area contributed by atoms with Crippen molar-refractivity contribution >= 4 is 40.4 Å². The van der Waals surface area contributed by atoms with Crippen LogP contribution in [0.3, 0.4) is 0 Å². The van der Waals surface area contributed by atoms with Gasteiger partial charge in [0, 0.05) is 19.2 Å². The van der Waals surface area contributed by atoms with E-state index in [0.29, 0.717) is 37.6 Å². The summed E-state index contributed by atoms with van der Waals surface area (Å²) in [5, 5.41) is 11.3. The number of nitrogens with zero attached hydrogens (tertiary/aromatic N) is 3. The van der Waals surface area contributed by atoms with Gasteiger partial charge < -0.3 is 14.4 Å². The summed E-state index contributed by atoms with van der Waals surface area (Å²) >= 11 is 0.821. The van der Waals surface area contributed by atoms with E-state index in [9.17, 15) is 19.7 Å². The van der Waals surface area contributed by atoms with Crippen LogP contribution in [0.25, 0.3) is 6.08 Å². The fourth-order valence-corrected chi connectivity index (χ4v) is 4.67. The maximum Gasteiger partial charge on any atom is 0.293 e. The third kappa shape index (κ3) is 5.23. The van der Waals surface area contributed by atoms with Crippen LogP contribution in [0.5, 0.6) is 5.75 Å². The topological polar surface area (TPSA) is 102 Å². The van der Waals surface area contributed by atoms with Gasteiger partial charge in [0.2, 0.25) is 0 Å². The molecule has 9 nitrogen and oxygen atoms in total. The number of benzene rings is 2. The lowest BCUT2D eigenvalue weighted by Crippen LogP contribution is -2.36. The summed E-state index contributed by atoms with van der Waals surface area (Å²) in [5.74, 6) is 0.287. The van der Waals surface area contributed by atoms with Crippen LogP contribution in [0.2, 0.25) is 0 Å². The van der Waals surface area contributed by atoms with Gasteiger partial charge in [-0.2, -0.15) is 0 Å². The number of aryl methyl sites for hydroxylation is 2. The Labute approximate surface area is 201 Å². The van der Waals surface area contributed by atoms with Crippen molar-refractivity contribution in [3.63, 3.8) is 0 Å². The van der Waals surface area contributed by atoms with Crippen LogP contribution < -0.4 is 9.64 Å². The summed E-state index contributed by atoms with van der Waals surface area (Å²) in [7, 11) is 0. The zero-order valence-corrected chi connectivity index (χ0v) is 19.8. The lowest BCUT2D eigenvalue weighted by molar-refractivity contribution is -0.384. The Bertz CT molecular complexity index is 1160. The number of carbonyl (C=O) groups excluding carboxylic acids is 2. The summed E-state index contributed by atoms with van der Waals surface area (Å²) in [5.41, 5.74) is 2.99. The highest BCUT2D eigenvalue weighted by molar-refractivity contribution is 8.18. The highest BCUT2D eigenvalue weighted by Gasteiger charge is 2.35. The first-order valence-electron chi connectivity index (χ1n) is 10.9. The molecule has 4 rings (SSSR count). The molecule has 2 amide bonds. The van der Waals surface area contributed by atoms with E-state index < -0.39 is 10.8 Å². The fraction of sp³-hybridized carbons (Fsp3) is 0.333. The van der Waals surface area contributed by atoms with Gasteiger partial charge in [0.1, 0.15) is 18.0 Å². The molecule has 0 radical (unpaired) electrons. The second kappa shape index (κ2) is 10.3. The van der Waals surface area contributed by atoms with E-state index in [4.69, 9.17) is 9.47 Å². The van der Waals surface area contributed by atoms with E-state index in [2.05, 4.69) is 0 Å². The smallest absolute Gasteiger partial charge is 0.293 e. The van der Waals surface area contributed by atoms with Crippen molar-refractivity contribution in [2.24, 2.45) is 0 Å². The molecule has 2 saturated heterocycles. The predicted molar refractivity (Wildman–Crippen MR) is 130 cm³/mol. The highest BCUT2D eigenvalue weighted by Crippen LogP contribution is 2.35. The maximum absolute atomic E-state index is 12.8. The maximum atomic E-state index is 12.8. The van der Waals surface area contributed by atoms with Crippen LogP contribution in [0.1, 0.15) is 16.7 Å². The number of hydrogen-bond donors (Lipinski definition) is 0. The number of anilines is 1. The van der Waals surface area contributed by atoms with Crippen molar-refractivity contribution in [2.45, 2.75) is 13.8 Å². The number of ether oxygens (including phenoxy) is 2. The molecule has 0 unspecified atom stereocenters. The van der Waals surface area contributed by atoms with E-state index in [1.165, 1.54) is 12.1 Å². The average molecular weight is 484 g/mol. The van der Waals surface area contributed by atoms with Crippen LogP contribution >= 0.6 is 11.8 Å². The Morgan fingerprint density at radius 3 is 2.65 bits per heavy atom. The molecule has 2 aromatic rings. The number of imide groups is 1. The van der Waals surface area contributed by atoms with Crippen LogP contribution in [-0.4, -0.2) is 60.4 Å². The molecular formula is C24H25N3O6S. The molecule has 0 aromatic heterocycles.